The molecule has 0 atom stereocenters. The number of aromatic carboxylic acids is 1. The number of nitrogens with one attached hydrogen (secondary N) is 1. The summed E-state index contributed by atoms with van der Waals surface area (Å²) in [5.41, 5.74) is 8.22. The minimum Gasteiger partial charge on any atom is -0.493 e. The highest BCUT2D eigenvalue weighted by molar-refractivity contribution is 5.94. The maximum atomic E-state index is 12.6. The molecule has 1 amide bonds. The number of anilines is 2. The van der Waals surface area contributed by atoms with Crippen LogP contribution in [0.1, 0.15) is 21.7 Å². The summed E-state index contributed by atoms with van der Waals surface area (Å²) in [6.45, 7) is 1.57. The van der Waals surface area contributed by atoms with Crippen molar-refractivity contribution in [2.24, 2.45) is 0 Å². The van der Waals surface area contributed by atoms with E-state index in [4.69, 9.17) is 24.4 Å². The quantitative estimate of drug-likeness (QED) is 0.451. The molecule has 0 spiro atoms. The Morgan fingerprint density at radius 1 is 1.03 bits per heavy atom. The van der Waals surface area contributed by atoms with Crippen molar-refractivity contribution >= 4 is 23.3 Å². The SMILES string of the molecule is COc1cc(CC(=O)Nc2ccc(-c3cc(C(=O)O)c(C)o3)c(N)c2)cc(OC)c1OC. The average Bonchev–Trinajstić information content (AvgIpc) is 3.14. The molecule has 2 aromatic carbocycles. The van der Waals surface area contributed by atoms with Gasteiger partial charge in [-0.05, 0) is 48.9 Å². The van der Waals surface area contributed by atoms with E-state index in [1.54, 1.807) is 37.3 Å². The van der Waals surface area contributed by atoms with Crippen molar-refractivity contribution in [3.05, 3.63) is 53.3 Å². The summed E-state index contributed by atoms with van der Waals surface area (Å²) < 4.78 is 21.4. The van der Waals surface area contributed by atoms with Gasteiger partial charge in [0.15, 0.2) is 11.5 Å². The molecule has 9 heteroatoms. The maximum absolute atomic E-state index is 12.6. The number of hydrogen-bond acceptors (Lipinski definition) is 7. The number of nitrogen functional groups attached to an aromatic ring is 1. The average molecular weight is 440 g/mol. The first-order valence-electron chi connectivity index (χ1n) is 9.59. The van der Waals surface area contributed by atoms with Crippen LogP contribution in [0.25, 0.3) is 11.3 Å². The fourth-order valence-electron chi connectivity index (χ4n) is 3.32. The normalized spacial score (nSPS) is 10.5. The lowest BCUT2D eigenvalue weighted by molar-refractivity contribution is -0.115. The molecule has 3 rings (SSSR count). The number of carboxylic acids is 1. The number of carbonyl (C=O) groups is 2. The van der Waals surface area contributed by atoms with Crippen LogP contribution in [0.4, 0.5) is 11.4 Å². The molecule has 168 valence electrons. The van der Waals surface area contributed by atoms with Gasteiger partial charge in [-0.2, -0.15) is 0 Å². The fourth-order valence-corrected chi connectivity index (χ4v) is 3.32. The molecular formula is C23H24N2O7. The van der Waals surface area contributed by atoms with Gasteiger partial charge in [-0.1, -0.05) is 0 Å². The van der Waals surface area contributed by atoms with E-state index in [2.05, 4.69) is 5.32 Å². The number of carboxylic acid groups (broad SMARTS) is 1. The third kappa shape index (κ3) is 4.61. The second kappa shape index (κ2) is 9.34. The highest BCUT2D eigenvalue weighted by atomic mass is 16.5. The number of aryl methyl sites for hydroxylation is 1. The molecule has 1 aromatic heterocycles. The molecular weight excluding hydrogens is 416 g/mol. The number of methoxy groups -OCH3 is 3. The molecule has 0 fully saturated rings. The molecule has 0 aliphatic carbocycles. The van der Waals surface area contributed by atoms with Gasteiger partial charge in [0.1, 0.15) is 17.1 Å². The van der Waals surface area contributed by atoms with E-state index < -0.39 is 5.97 Å². The monoisotopic (exact) mass is 440 g/mol. The molecule has 0 aliphatic rings. The lowest BCUT2D eigenvalue weighted by atomic mass is 10.1. The first kappa shape index (κ1) is 22.5. The zero-order chi connectivity index (χ0) is 23.4. The Hall–Kier alpha value is -4.14. The van der Waals surface area contributed by atoms with Crippen molar-refractivity contribution in [1.29, 1.82) is 0 Å². The molecule has 9 nitrogen and oxygen atoms in total. The molecule has 1 heterocycles. The molecule has 0 bridgehead atoms. The lowest BCUT2D eigenvalue weighted by Gasteiger charge is -2.14. The highest BCUT2D eigenvalue weighted by Gasteiger charge is 2.18. The minimum atomic E-state index is -1.08. The van der Waals surface area contributed by atoms with E-state index in [1.165, 1.54) is 27.4 Å². The van der Waals surface area contributed by atoms with Gasteiger partial charge in [0, 0.05) is 16.9 Å². The Bertz CT molecular complexity index is 1140. The first-order chi connectivity index (χ1) is 15.3. The molecule has 0 saturated carbocycles. The third-order valence-electron chi connectivity index (χ3n) is 4.84. The smallest absolute Gasteiger partial charge is 0.339 e. The molecule has 0 saturated heterocycles. The Morgan fingerprint density at radius 2 is 1.69 bits per heavy atom. The predicted octanol–water partition coefficient (Wildman–Crippen LogP) is 3.74. The standard InChI is InChI=1S/C23H24N2O7/c1-12-16(23(27)28)11-18(32-12)15-6-5-14(10-17(15)24)25-21(26)9-13-7-19(29-2)22(31-4)20(8-13)30-3/h5-8,10-11H,9,24H2,1-4H3,(H,25,26)(H,27,28). The van der Waals surface area contributed by atoms with Crippen LogP contribution < -0.4 is 25.3 Å². The van der Waals surface area contributed by atoms with Gasteiger partial charge in [-0.25, -0.2) is 4.79 Å². The predicted molar refractivity (Wildman–Crippen MR) is 119 cm³/mol. The summed E-state index contributed by atoms with van der Waals surface area (Å²) in [7, 11) is 4.52. The van der Waals surface area contributed by atoms with E-state index in [9.17, 15) is 14.7 Å². The molecule has 0 aliphatic heterocycles. The van der Waals surface area contributed by atoms with Crippen molar-refractivity contribution in [1.82, 2.24) is 0 Å². The van der Waals surface area contributed by atoms with Gasteiger partial charge in [-0.3, -0.25) is 4.79 Å². The number of amides is 1. The fraction of sp³-hybridized carbons (Fsp3) is 0.217. The van der Waals surface area contributed by atoms with Crippen LogP contribution >= 0.6 is 0 Å². The number of benzene rings is 2. The van der Waals surface area contributed by atoms with E-state index in [-0.39, 0.29) is 23.7 Å². The van der Waals surface area contributed by atoms with Crippen molar-refractivity contribution in [3.8, 4) is 28.6 Å². The summed E-state index contributed by atoms with van der Waals surface area (Å²) in [6, 6.07) is 9.74. The topological polar surface area (TPSA) is 133 Å². The Kier molecular flexibility index (Phi) is 6.58. The van der Waals surface area contributed by atoms with Gasteiger partial charge in [-0.15, -0.1) is 0 Å². The van der Waals surface area contributed by atoms with E-state index in [1.807, 2.05) is 0 Å². The van der Waals surface area contributed by atoms with Crippen LogP contribution in [-0.4, -0.2) is 38.3 Å². The number of ether oxygens (including phenoxy) is 3. The summed E-state index contributed by atoms with van der Waals surface area (Å²) >= 11 is 0. The number of hydrogen-bond donors (Lipinski definition) is 3. The molecule has 0 radical (unpaired) electrons. The zero-order valence-corrected chi connectivity index (χ0v) is 18.1. The summed E-state index contributed by atoms with van der Waals surface area (Å²) in [5, 5.41) is 12.0. The molecule has 4 N–H and O–H groups in total. The maximum Gasteiger partial charge on any atom is 0.339 e. The Balaban J connectivity index is 1.77. The van der Waals surface area contributed by atoms with Gasteiger partial charge < -0.3 is 34.8 Å². The second-order valence-electron chi connectivity index (χ2n) is 6.95. The van der Waals surface area contributed by atoms with E-state index in [0.717, 1.165) is 0 Å². The van der Waals surface area contributed by atoms with Crippen molar-refractivity contribution in [2.75, 3.05) is 32.4 Å². The Labute approximate surface area is 184 Å². The van der Waals surface area contributed by atoms with Gasteiger partial charge >= 0.3 is 5.97 Å². The van der Waals surface area contributed by atoms with Crippen molar-refractivity contribution in [3.63, 3.8) is 0 Å². The van der Waals surface area contributed by atoms with E-state index >= 15 is 0 Å². The van der Waals surface area contributed by atoms with E-state index in [0.29, 0.717) is 45.5 Å². The molecule has 32 heavy (non-hydrogen) atoms. The van der Waals surface area contributed by atoms with Crippen LogP contribution in [0.2, 0.25) is 0 Å². The molecule has 0 unspecified atom stereocenters. The van der Waals surface area contributed by atoms with Crippen molar-refractivity contribution in [2.45, 2.75) is 13.3 Å². The van der Waals surface area contributed by atoms with Crippen LogP contribution in [0.3, 0.4) is 0 Å². The summed E-state index contributed by atoms with van der Waals surface area (Å²) in [5.74, 6) is 0.639. The number of nitrogens with two attached hydrogens (primary N) is 1. The largest absolute Gasteiger partial charge is 0.493 e. The van der Waals surface area contributed by atoms with Crippen LogP contribution in [0.15, 0.2) is 40.8 Å². The van der Waals surface area contributed by atoms with Crippen LogP contribution in [0, 0.1) is 6.92 Å². The van der Waals surface area contributed by atoms with Crippen LogP contribution in [0.5, 0.6) is 17.2 Å². The van der Waals surface area contributed by atoms with Gasteiger partial charge in [0.05, 0.1) is 27.8 Å². The second-order valence-corrected chi connectivity index (χ2v) is 6.95. The minimum absolute atomic E-state index is 0.0672. The highest BCUT2D eigenvalue weighted by Crippen LogP contribution is 2.38. The summed E-state index contributed by atoms with van der Waals surface area (Å²) in [6.07, 6.45) is 0.0672. The number of carbonyl (C=O) groups excluding carboxylic acids is 1. The number of rotatable bonds is 8. The zero-order valence-electron chi connectivity index (χ0n) is 18.1. The Morgan fingerprint density at radius 3 is 2.19 bits per heavy atom. The van der Waals surface area contributed by atoms with Crippen LogP contribution in [-0.2, 0) is 11.2 Å². The van der Waals surface area contributed by atoms with Gasteiger partial charge in [0.25, 0.3) is 0 Å². The lowest BCUT2D eigenvalue weighted by Crippen LogP contribution is -2.15. The molecule has 3 aromatic rings. The first-order valence-corrected chi connectivity index (χ1v) is 9.59. The third-order valence-corrected chi connectivity index (χ3v) is 4.84. The summed E-state index contributed by atoms with van der Waals surface area (Å²) in [4.78, 5) is 23.8. The van der Waals surface area contributed by atoms with Gasteiger partial charge in [0.2, 0.25) is 11.7 Å². The number of furan rings is 1. The van der Waals surface area contributed by atoms with Crippen molar-refractivity contribution < 1.29 is 33.3 Å².